The molecule has 28 heavy (non-hydrogen) atoms. The minimum atomic E-state index is -4.15. The number of hydrogen-bond acceptors (Lipinski definition) is 4. The summed E-state index contributed by atoms with van der Waals surface area (Å²) in [5.74, 6) is 0. The van der Waals surface area contributed by atoms with Crippen LogP contribution < -0.4 is 29.6 Å². The molecule has 0 aliphatic rings. The van der Waals surface area contributed by atoms with Gasteiger partial charge in [0.2, 0.25) is 0 Å². The van der Waals surface area contributed by atoms with E-state index in [1.165, 1.54) is 64.2 Å². The summed E-state index contributed by atoms with van der Waals surface area (Å²) in [4.78, 5) is 0. The molecule has 0 aliphatic heterocycles. The molecule has 0 saturated heterocycles. The smallest absolute Gasteiger partial charge is 0.748 e. The van der Waals surface area contributed by atoms with Gasteiger partial charge in [0, 0.05) is 5.25 Å². The molecule has 0 aromatic rings. The molecule has 2 atom stereocenters. The normalized spacial score (nSPS) is 13.9. The molecule has 0 rings (SSSR count). The molecule has 0 aromatic heterocycles. The Bertz CT molecular complexity index is 415. The third-order valence-electron chi connectivity index (χ3n) is 5.57. The minimum absolute atomic E-state index is 0. The fourth-order valence-electron chi connectivity index (χ4n) is 3.67. The molecule has 0 radical (unpaired) electrons. The van der Waals surface area contributed by atoms with Gasteiger partial charge in [0.25, 0.3) is 0 Å². The summed E-state index contributed by atoms with van der Waals surface area (Å²) < 4.78 is 33.1. The summed E-state index contributed by atoms with van der Waals surface area (Å²) in [5.41, 5.74) is 0. The van der Waals surface area contributed by atoms with E-state index in [4.69, 9.17) is 0 Å². The molecule has 1 N–H and O–H groups in total. The van der Waals surface area contributed by atoms with Gasteiger partial charge in [-0.1, -0.05) is 104 Å². The first-order valence-corrected chi connectivity index (χ1v) is 13.0. The van der Waals surface area contributed by atoms with Crippen LogP contribution in [0, 0.1) is 0 Å². The Morgan fingerprint density at radius 1 is 0.679 bits per heavy atom. The van der Waals surface area contributed by atoms with Crippen LogP contribution in [0.5, 0.6) is 0 Å². The Kier molecular flexibility index (Phi) is 23.4. The maximum atomic E-state index is 11.0. The molecule has 0 heterocycles. The van der Waals surface area contributed by atoms with Crippen molar-refractivity contribution in [1.29, 1.82) is 0 Å². The van der Waals surface area contributed by atoms with Crippen molar-refractivity contribution >= 4 is 10.1 Å². The third-order valence-corrected chi connectivity index (χ3v) is 6.95. The van der Waals surface area contributed by atoms with Gasteiger partial charge in [-0.05, 0) is 25.7 Å². The van der Waals surface area contributed by atoms with Gasteiger partial charge >= 0.3 is 29.6 Å². The molecule has 0 aromatic carbocycles. The van der Waals surface area contributed by atoms with E-state index in [2.05, 4.69) is 6.92 Å². The van der Waals surface area contributed by atoms with Crippen LogP contribution in [0.1, 0.15) is 129 Å². The fourth-order valence-corrected chi connectivity index (χ4v) is 4.53. The topological polar surface area (TPSA) is 77.4 Å². The average molecular weight is 429 g/mol. The van der Waals surface area contributed by atoms with Crippen LogP contribution in [0.4, 0.5) is 0 Å². The van der Waals surface area contributed by atoms with Crippen molar-refractivity contribution in [2.24, 2.45) is 0 Å². The van der Waals surface area contributed by atoms with Gasteiger partial charge in [0.15, 0.2) is 0 Å². The number of aliphatic hydroxyl groups excluding tert-OH is 1. The van der Waals surface area contributed by atoms with E-state index in [0.717, 1.165) is 38.5 Å². The molecule has 0 aliphatic carbocycles. The predicted octanol–water partition coefficient (Wildman–Crippen LogP) is 3.33. The largest absolute Gasteiger partial charge is 1.00 e. The number of aliphatic hydroxyl groups is 1. The van der Waals surface area contributed by atoms with Crippen LogP contribution in [-0.4, -0.2) is 29.4 Å². The molecule has 6 heteroatoms. The van der Waals surface area contributed by atoms with E-state index < -0.39 is 15.4 Å². The predicted molar refractivity (Wildman–Crippen MR) is 114 cm³/mol. The van der Waals surface area contributed by atoms with E-state index >= 15 is 0 Å². The minimum Gasteiger partial charge on any atom is -0.748 e. The summed E-state index contributed by atoms with van der Waals surface area (Å²) in [7, 11) is -4.15. The van der Waals surface area contributed by atoms with E-state index in [1.807, 2.05) is 0 Å². The zero-order valence-electron chi connectivity index (χ0n) is 19.0. The fraction of sp³-hybridized carbons (Fsp3) is 1.00. The van der Waals surface area contributed by atoms with Gasteiger partial charge in [-0.2, -0.15) is 0 Å². The number of rotatable bonds is 20. The Balaban J connectivity index is 0. The van der Waals surface area contributed by atoms with Crippen molar-refractivity contribution in [3.63, 3.8) is 0 Å². The first-order chi connectivity index (χ1) is 12.9. The molecule has 0 saturated carbocycles. The molecular formula is C22H45NaO4S. The van der Waals surface area contributed by atoms with Gasteiger partial charge in [-0.15, -0.1) is 0 Å². The molecular weight excluding hydrogens is 383 g/mol. The van der Waals surface area contributed by atoms with E-state index in [0.29, 0.717) is 12.8 Å². The first-order valence-electron chi connectivity index (χ1n) is 11.5. The van der Waals surface area contributed by atoms with Crippen molar-refractivity contribution < 1.29 is 47.6 Å². The monoisotopic (exact) mass is 428 g/mol. The van der Waals surface area contributed by atoms with Crippen molar-refractivity contribution in [1.82, 2.24) is 0 Å². The second kappa shape index (κ2) is 21.1. The zero-order valence-corrected chi connectivity index (χ0v) is 21.8. The van der Waals surface area contributed by atoms with Gasteiger partial charge in [0.1, 0.15) is 0 Å². The van der Waals surface area contributed by atoms with Gasteiger partial charge in [-0.3, -0.25) is 0 Å². The van der Waals surface area contributed by atoms with Crippen LogP contribution in [0.3, 0.4) is 0 Å². The molecule has 2 unspecified atom stereocenters. The Labute approximate surface area is 197 Å². The van der Waals surface area contributed by atoms with Crippen LogP contribution in [0.25, 0.3) is 0 Å². The average Bonchev–Trinajstić information content (AvgIpc) is 2.61. The second-order valence-corrected chi connectivity index (χ2v) is 9.79. The molecule has 0 fully saturated rings. The standard InChI is InChI=1S/C22H46O4S.Na/c1-3-5-6-7-8-9-10-11-12-13-15-18-21(23)19-16-14-17-20-22(4-2)27(24,25)26;/h21-23H,3-20H2,1-2H3,(H,24,25,26);/q;+1/p-1. The summed E-state index contributed by atoms with van der Waals surface area (Å²) in [6, 6.07) is 0. The van der Waals surface area contributed by atoms with E-state index in [9.17, 15) is 18.1 Å². The number of unbranched alkanes of at least 4 members (excludes halogenated alkanes) is 12. The van der Waals surface area contributed by atoms with Gasteiger partial charge in [0.05, 0.1) is 16.2 Å². The van der Waals surface area contributed by atoms with Crippen LogP contribution in [0.15, 0.2) is 0 Å². The first kappa shape index (κ1) is 31.1. The summed E-state index contributed by atoms with van der Waals surface area (Å²) in [6.07, 6.45) is 19.4. The summed E-state index contributed by atoms with van der Waals surface area (Å²) in [5, 5.41) is 9.29. The number of hydrogen-bond donors (Lipinski definition) is 1. The van der Waals surface area contributed by atoms with Crippen molar-refractivity contribution in [2.45, 2.75) is 141 Å². The van der Waals surface area contributed by atoms with E-state index in [-0.39, 0.29) is 35.7 Å². The third kappa shape index (κ3) is 20.2. The Morgan fingerprint density at radius 2 is 1.04 bits per heavy atom. The molecule has 0 bridgehead atoms. The summed E-state index contributed by atoms with van der Waals surface area (Å²) in [6.45, 7) is 4.00. The van der Waals surface area contributed by atoms with Crippen molar-refractivity contribution in [3.8, 4) is 0 Å². The van der Waals surface area contributed by atoms with Crippen molar-refractivity contribution in [2.75, 3.05) is 0 Å². The van der Waals surface area contributed by atoms with Crippen LogP contribution in [-0.2, 0) is 10.1 Å². The Morgan fingerprint density at radius 3 is 1.43 bits per heavy atom. The zero-order chi connectivity index (χ0) is 20.4. The molecule has 0 spiro atoms. The second-order valence-electron chi connectivity index (χ2n) is 8.14. The van der Waals surface area contributed by atoms with Gasteiger partial charge < -0.3 is 9.66 Å². The maximum absolute atomic E-state index is 11.0. The van der Waals surface area contributed by atoms with Gasteiger partial charge in [-0.25, -0.2) is 8.42 Å². The van der Waals surface area contributed by atoms with Crippen LogP contribution >= 0.6 is 0 Å². The maximum Gasteiger partial charge on any atom is 1.00 e. The van der Waals surface area contributed by atoms with E-state index in [1.54, 1.807) is 6.92 Å². The Hall–Kier alpha value is 0.870. The molecule has 4 nitrogen and oxygen atoms in total. The SMILES string of the molecule is CCCCCCCCCCCCCC(O)CCCCCC(CC)S(=O)(=O)[O-].[Na+]. The van der Waals surface area contributed by atoms with Crippen LogP contribution in [0.2, 0.25) is 0 Å². The molecule has 0 amide bonds. The summed E-state index contributed by atoms with van der Waals surface area (Å²) >= 11 is 0. The molecule has 164 valence electrons. The quantitative estimate of drug-likeness (QED) is 0.183. The van der Waals surface area contributed by atoms with Crippen molar-refractivity contribution in [3.05, 3.63) is 0 Å².